The molecule has 0 unspecified atom stereocenters. The van der Waals surface area contributed by atoms with Crippen LogP contribution in [0, 0.1) is 6.92 Å². The highest BCUT2D eigenvalue weighted by molar-refractivity contribution is 5.73. The van der Waals surface area contributed by atoms with E-state index in [4.69, 9.17) is 10.5 Å². The molecular formula is C25H27NO2. The maximum atomic E-state index is 12.3. The van der Waals surface area contributed by atoms with Gasteiger partial charge in [-0.25, -0.2) is 0 Å². The average molecular weight is 373 g/mol. The minimum atomic E-state index is -0.308. The number of anilines is 1. The SMILES string of the molecule is Cc1ccc(N)cc1-c1ccc(C(C)(C)CC(=O)OCc2ccccc2)cc1. The molecule has 144 valence electrons. The van der Waals surface area contributed by atoms with Gasteiger partial charge in [0, 0.05) is 11.1 Å². The van der Waals surface area contributed by atoms with E-state index in [2.05, 4.69) is 45.0 Å². The number of aryl methyl sites for hydroxylation is 1. The molecule has 0 aromatic heterocycles. The van der Waals surface area contributed by atoms with Crippen molar-refractivity contribution in [3.8, 4) is 11.1 Å². The van der Waals surface area contributed by atoms with E-state index < -0.39 is 0 Å². The fourth-order valence-corrected chi connectivity index (χ4v) is 3.30. The van der Waals surface area contributed by atoms with E-state index in [-0.39, 0.29) is 11.4 Å². The van der Waals surface area contributed by atoms with Gasteiger partial charge in [-0.15, -0.1) is 0 Å². The zero-order valence-electron chi connectivity index (χ0n) is 16.7. The molecule has 0 amide bonds. The summed E-state index contributed by atoms with van der Waals surface area (Å²) in [6.45, 7) is 6.52. The van der Waals surface area contributed by atoms with Crippen molar-refractivity contribution < 1.29 is 9.53 Å². The maximum absolute atomic E-state index is 12.3. The Morgan fingerprint density at radius 3 is 2.32 bits per heavy atom. The Balaban J connectivity index is 1.67. The van der Waals surface area contributed by atoms with Gasteiger partial charge in [-0.1, -0.05) is 74.5 Å². The highest BCUT2D eigenvalue weighted by Crippen LogP contribution is 2.31. The van der Waals surface area contributed by atoms with Crippen molar-refractivity contribution in [2.45, 2.75) is 39.2 Å². The molecular weight excluding hydrogens is 346 g/mol. The van der Waals surface area contributed by atoms with Gasteiger partial charge < -0.3 is 10.5 Å². The lowest BCUT2D eigenvalue weighted by Crippen LogP contribution is -2.23. The molecule has 0 heterocycles. The van der Waals surface area contributed by atoms with E-state index in [1.807, 2.05) is 48.5 Å². The van der Waals surface area contributed by atoms with E-state index in [1.165, 1.54) is 5.56 Å². The molecule has 3 nitrogen and oxygen atoms in total. The fraction of sp³-hybridized carbons (Fsp3) is 0.240. The maximum Gasteiger partial charge on any atom is 0.307 e. The third-order valence-corrected chi connectivity index (χ3v) is 5.07. The molecule has 3 heteroatoms. The van der Waals surface area contributed by atoms with Gasteiger partial charge in [-0.2, -0.15) is 0 Å². The molecule has 0 spiro atoms. The van der Waals surface area contributed by atoms with Crippen LogP contribution in [-0.4, -0.2) is 5.97 Å². The molecule has 3 aromatic rings. The number of benzene rings is 3. The molecule has 28 heavy (non-hydrogen) atoms. The normalized spacial score (nSPS) is 11.2. The number of carbonyl (C=O) groups excluding carboxylic acids is 1. The molecule has 0 aliphatic heterocycles. The number of rotatable bonds is 6. The average Bonchev–Trinajstić information content (AvgIpc) is 2.69. The Morgan fingerprint density at radius 2 is 1.64 bits per heavy atom. The van der Waals surface area contributed by atoms with Crippen molar-refractivity contribution in [2.24, 2.45) is 0 Å². The number of carbonyl (C=O) groups is 1. The third kappa shape index (κ3) is 4.80. The van der Waals surface area contributed by atoms with Crippen molar-refractivity contribution >= 4 is 11.7 Å². The summed E-state index contributed by atoms with van der Waals surface area (Å²) in [5, 5.41) is 0. The molecule has 0 saturated heterocycles. The molecule has 0 fully saturated rings. The van der Waals surface area contributed by atoms with E-state index in [1.54, 1.807) is 0 Å². The summed E-state index contributed by atoms with van der Waals surface area (Å²) in [5.41, 5.74) is 11.9. The lowest BCUT2D eigenvalue weighted by Gasteiger charge is -2.24. The largest absolute Gasteiger partial charge is 0.461 e. The van der Waals surface area contributed by atoms with Crippen LogP contribution in [0.4, 0.5) is 5.69 Å². The number of hydrogen-bond donors (Lipinski definition) is 1. The molecule has 0 saturated carbocycles. The van der Waals surface area contributed by atoms with Crippen LogP contribution in [0.5, 0.6) is 0 Å². The van der Waals surface area contributed by atoms with Crippen LogP contribution in [0.15, 0.2) is 72.8 Å². The second-order valence-electron chi connectivity index (χ2n) is 7.86. The molecule has 0 bridgehead atoms. The lowest BCUT2D eigenvalue weighted by atomic mass is 9.81. The van der Waals surface area contributed by atoms with Crippen LogP contribution < -0.4 is 5.73 Å². The first-order chi connectivity index (χ1) is 13.3. The minimum Gasteiger partial charge on any atom is -0.461 e. The molecule has 0 radical (unpaired) electrons. The van der Waals surface area contributed by atoms with Crippen LogP contribution in [0.1, 0.15) is 37.0 Å². The van der Waals surface area contributed by atoms with Crippen LogP contribution in [0.3, 0.4) is 0 Å². The number of ether oxygens (including phenoxy) is 1. The summed E-state index contributed by atoms with van der Waals surface area (Å²) < 4.78 is 5.45. The van der Waals surface area contributed by atoms with Gasteiger partial charge in [0.1, 0.15) is 6.61 Å². The van der Waals surface area contributed by atoms with E-state index in [0.29, 0.717) is 13.0 Å². The van der Waals surface area contributed by atoms with Gasteiger partial charge in [0.05, 0.1) is 6.42 Å². The van der Waals surface area contributed by atoms with Crippen molar-refractivity contribution in [3.05, 3.63) is 89.5 Å². The predicted octanol–water partition coefficient (Wildman–Crippen LogP) is 5.66. The zero-order valence-corrected chi connectivity index (χ0v) is 16.7. The predicted molar refractivity (Wildman–Crippen MR) is 115 cm³/mol. The van der Waals surface area contributed by atoms with E-state index in [9.17, 15) is 4.79 Å². The van der Waals surface area contributed by atoms with Crippen molar-refractivity contribution in [1.29, 1.82) is 0 Å². The number of esters is 1. The molecule has 2 N–H and O–H groups in total. The van der Waals surface area contributed by atoms with Crippen molar-refractivity contribution in [3.63, 3.8) is 0 Å². The summed E-state index contributed by atoms with van der Waals surface area (Å²) in [5.74, 6) is -0.190. The first-order valence-electron chi connectivity index (χ1n) is 9.52. The minimum absolute atomic E-state index is 0.190. The number of hydrogen-bond acceptors (Lipinski definition) is 3. The third-order valence-electron chi connectivity index (χ3n) is 5.07. The molecule has 0 aliphatic rings. The second kappa shape index (κ2) is 8.30. The van der Waals surface area contributed by atoms with Crippen LogP contribution in [-0.2, 0) is 21.6 Å². The Bertz CT molecular complexity index is 944. The molecule has 0 aliphatic carbocycles. The molecule has 3 rings (SSSR count). The quantitative estimate of drug-likeness (QED) is 0.448. The summed E-state index contributed by atoms with van der Waals surface area (Å²) in [7, 11) is 0. The zero-order chi connectivity index (χ0) is 20.1. The first kappa shape index (κ1) is 19.7. The summed E-state index contributed by atoms with van der Waals surface area (Å²) in [6, 6.07) is 24.0. The molecule has 3 aromatic carbocycles. The summed E-state index contributed by atoms with van der Waals surface area (Å²) in [4.78, 5) is 12.3. The van der Waals surface area contributed by atoms with E-state index in [0.717, 1.165) is 27.9 Å². The summed E-state index contributed by atoms with van der Waals surface area (Å²) >= 11 is 0. The van der Waals surface area contributed by atoms with Gasteiger partial charge >= 0.3 is 5.97 Å². The monoisotopic (exact) mass is 373 g/mol. The van der Waals surface area contributed by atoms with Gasteiger partial charge in [0.15, 0.2) is 0 Å². The van der Waals surface area contributed by atoms with Gasteiger partial charge in [0.25, 0.3) is 0 Å². The van der Waals surface area contributed by atoms with E-state index >= 15 is 0 Å². The van der Waals surface area contributed by atoms with Crippen molar-refractivity contribution in [2.75, 3.05) is 5.73 Å². The van der Waals surface area contributed by atoms with Gasteiger partial charge in [0.2, 0.25) is 0 Å². The van der Waals surface area contributed by atoms with Crippen LogP contribution in [0.25, 0.3) is 11.1 Å². The number of nitrogen functional groups attached to an aromatic ring is 1. The van der Waals surface area contributed by atoms with Crippen LogP contribution in [0.2, 0.25) is 0 Å². The Hall–Kier alpha value is -3.07. The molecule has 0 atom stereocenters. The lowest BCUT2D eigenvalue weighted by molar-refractivity contribution is -0.146. The standard InChI is InChI=1S/C25H27NO2/c1-18-9-14-22(26)15-23(18)20-10-12-21(13-11-20)25(2,3)16-24(27)28-17-19-7-5-4-6-8-19/h4-15H,16-17,26H2,1-3H3. The fourth-order valence-electron chi connectivity index (χ4n) is 3.30. The summed E-state index contributed by atoms with van der Waals surface area (Å²) in [6.07, 6.45) is 0.330. The topological polar surface area (TPSA) is 52.3 Å². The smallest absolute Gasteiger partial charge is 0.307 e. The van der Waals surface area contributed by atoms with Crippen molar-refractivity contribution in [1.82, 2.24) is 0 Å². The Kier molecular flexibility index (Phi) is 5.84. The highest BCUT2D eigenvalue weighted by atomic mass is 16.5. The first-order valence-corrected chi connectivity index (χ1v) is 9.52. The highest BCUT2D eigenvalue weighted by Gasteiger charge is 2.25. The number of nitrogens with two attached hydrogens (primary N) is 1. The van der Waals surface area contributed by atoms with Crippen LogP contribution >= 0.6 is 0 Å². The second-order valence-corrected chi connectivity index (χ2v) is 7.86. The van der Waals surface area contributed by atoms with Gasteiger partial charge in [-0.05, 0) is 46.9 Å². The Morgan fingerprint density at radius 1 is 0.964 bits per heavy atom. The van der Waals surface area contributed by atoms with Gasteiger partial charge in [-0.3, -0.25) is 4.79 Å². The Labute approximate surface area is 167 Å².